The van der Waals surface area contributed by atoms with Gasteiger partial charge in [0.25, 0.3) is 15.6 Å². The zero-order valence-corrected chi connectivity index (χ0v) is 15.7. The predicted octanol–water partition coefficient (Wildman–Crippen LogP) is 3.83. The first kappa shape index (κ1) is 22.8. The monoisotopic (exact) mass is 443 g/mol. The smallest absolute Gasteiger partial charge is 0.430 e. The Kier molecular flexibility index (Phi) is 5.83. The number of halogens is 6. The quantitative estimate of drug-likeness (QED) is 0.714. The zero-order valence-electron chi connectivity index (χ0n) is 14.9. The molecule has 0 aromatic heterocycles. The fraction of sp³-hybridized carbons (Fsp3) is 0.294. The van der Waals surface area contributed by atoms with Gasteiger partial charge in [0, 0.05) is 12.6 Å². The van der Waals surface area contributed by atoms with Crippen molar-refractivity contribution in [1.82, 2.24) is 0 Å². The molecule has 1 N–H and O–H groups in total. The van der Waals surface area contributed by atoms with Gasteiger partial charge in [0.15, 0.2) is 0 Å². The van der Waals surface area contributed by atoms with Crippen molar-refractivity contribution < 1.29 is 44.6 Å². The van der Waals surface area contributed by atoms with E-state index in [0.29, 0.717) is 22.5 Å². The van der Waals surface area contributed by atoms with E-state index in [4.69, 9.17) is 4.74 Å². The van der Waals surface area contributed by atoms with E-state index in [-0.39, 0.29) is 10.6 Å². The SMILES string of the molecule is COc1cc(C(O)(C(F)(F)F)C(F)(F)F)ccc1N(C)S(=O)(=O)c1ccccc1. The van der Waals surface area contributed by atoms with Gasteiger partial charge < -0.3 is 9.84 Å². The summed E-state index contributed by atoms with van der Waals surface area (Å²) < 4.78 is 109. The topological polar surface area (TPSA) is 66.8 Å². The van der Waals surface area contributed by atoms with Crippen molar-refractivity contribution in [2.45, 2.75) is 22.8 Å². The van der Waals surface area contributed by atoms with Crippen molar-refractivity contribution in [3.05, 3.63) is 54.1 Å². The third-order valence-corrected chi connectivity index (χ3v) is 5.94. The summed E-state index contributed by atoms with van der Waals surface area (Å²) in [5.41, 5.74) is -7.06. The zero-order chi connectivity index (χ0) is 22.3. The number of hydrogen-bond donors (Lipinski definition) is 1. The van der Waals surface area contributed by atoms with E-state index in [0.717, 1.165) is 14.2 Å². The summed E-state index contributed by atoms with van der Waals surface area (Å²) in [6, 6.07) is 8.29. The molecule has 0 atom stereocenters. The largest absolute Gasteiger partial charge is 0.495 e. The first-order valence-electron chi connectivity index (χ1n) is 7.76. The summed E-state index contributed by atoms with van der Waals surface area (Å²) in [4.78, 5) is -0.157. The Morgan fingerprint density at radius 3 is 1.90 bits per heavy atom. The van der Waals surface area contributed by atoms with Gasteiger partial charge in [0.05, 0.1) is 17.7 Å². The lowest BCUT2D eigenvalue weighted by Crippen LogP contribution is -2.53. The number of alkyl halides is 6. The number of sulfonamides is 1. The number of anilines is 1. The van der Waals surface area contributed by atoms with E-state index in [9.17, 15) is 39.9 Å². The van der Waals surface area contributed by atoms with Crippen LogP contribution in [0.3, 0.4) is 0 Å². The van der Waals surface area contributed by atoms with E-state index in [1.54, 1.807) is 6.07 Å². The Labute approximate surface area is 162 Å². The molecule has 0 spiro atoms. The molecule has 0 aliphatic carbocycles. The maximum atomic E-state index is 13.1. The van der Waals surface area contributed by atoms with Crippen LogP contribution in [0.5, 0.6) is 5.75 Å². The Morgan fingerprint density at radius 2 is 1.45 bits per heavy atom. The summed E-state index contributed by atoms with van der Waals surface area (Å²) in [6.45, 7) is 0. The maximum Gasteiger partial charge on any atom is 0.430 e. The second-order valence-electron chi connectivity index (χ2n) is 5.88. The summed E-state index contributed by atoms with van der Waals surface area (Å²) in [5, 5.41) is 9.51. The molecule has 29 heavy (non-hydrogen) atoms. The molecule has 12 heteroatoms. The molecule has 0 aliphatic heterocycles. The highest BCUT2D eigenvalue weighted by Crippen LogP contribution is 2.51. The summed E-state index contributed by atoms with van der Waals surface area (Å²) in [5.74, 6) is -0.614. The molecule has 0 bridgehead atoms. The number of rotatable bonds is 5. The van der Waals surface area contributed by atoms with Crippen LogP contribution in [0.1, 0.15) is 5.56 Å². The molecule has 0 radical (unpaired) electrons. The molecule has 0 saturated carbocycles. The Hall–Kier alpha value is -2.47. The summed E-state index contributed by atoms with van der Waals surface area (Å²) in [6.07, 6.45) is -12.2. The molecule has 0 fully saturated rings. The van der Waals surface area contributed by atoms with E-state index in [2.05, 4.69) is 0 Å². The molecule has 0 saturated heterocycles. The molecule has 0 unspecified atom stereocenters. The first-order valence-corrected chi connectivity index (χ1v) is 9.20. The molecule has 0 aliphatic rings. The van der Waals surface area contributed by atoms with E-state index >= 15 is 0 Å². The minimum absolute atomic E-state index is 0.157. The van der Waals surface area contributed by atoms with Gasteiger partial charge in [-0.15, -0.1) is 0 Å². The third-order valence-electron chi connectivity index (χ3n) is 4.16. The fourth-order valence-electron chi connectivity index (χ4n) is 2.53. The number of benzene rings is 2. The van der Waals surface area contributed by atoms with Crippen molar-refractivity contribution in [3.8, 4) is 5.75 Å². The van der Waals surface area contributed by atoms with Gasteiger partial charge in [-0.3, -0.25) is 4.31 Å². The van der Waals surface area contributed by atoms with Gasteiger partial charge in [-0.2, -0.15) is 26.3 Å². The highest BCUT2D eigenvalue weighted by Gasteiger charge is 2.71. The van der Waals surface area contributed by atoms with Crippen molar-refractivity contribution in [2.24, 2.45) is 0 Å². The number of aliphatic hydroxyl groups is 1. The summed E-state index contributed by atoms with van der Waals surface area (Å²) in [7, 11) is -2.19. The summed E-state index contributed by atoms with van der Waals surface area (Å²) >= 11 is 0. The van der Waals surface area contributed by atoms with E-state index < -0.39 is 39.3 Å². The molecule has 5 nitrogen and oxygen atoms in total. The Morgan fingerprint density at radius 1 is 0.931 bits per heavy atom. The fourth-order valence-corrected chi connectivity index (χ4v) is 3.76. The van der Waals surface area contributed by atoms with Crippen LogP contribution >= 0.6 is 0 Å². The van der Waals surface area contributed by atoms with Crippen LogP contribution in [-0.2, 0) is 15.6 Å². The van der Waals surface area contributed by atoms with Crippen molar-refractivity contribution in [2.75, 3.05) is 18.5 Å². The van der Waals surface area contributed by atoms with Crippen molar-refractivity contribution >= 4 is 15.7 Å². The Bertz CT molecular complexity index is 960. The normalized spacial score (nSPS) is 13.3. The number of nitrogens with zero attached hydrogens (tertiary/aromatic N) is 1. The molecular formula is C17H15F6NO4S. The lowest BCUT2D eigenvalue weighted by atomic mass is 9.92. The van der Waals surface area contributed by atoms with Crippen LogP contribution < -0.4 is 9.04 Å². The lowest BCUT2D eigenvalue weighted by molar-refractivity contribution is -0.376. The maximum absolute atomic E-state index is 13.1. The van der Waals surface area contributed by atoms with Crippen LogP contribution in [0.15, 0.2) is 53.4 Å². The van der Waals surface area contributed by atoms with E-state index in [1.807, 2.05) is 0 Å². The van der Waals surface area contributed by atoms with Gasteiger partial charge >= 0.3 is 12.4 Å². The van der Waals surface area contributed by atoms with Crippen LogP contribution in [0, 0.1) is 0 Å². The number of hydrogen-bond acceptors (Lipinski definition) is 4. The van der Waals surface area contributed by atoms with Gasteiger partial charge in [0.2, 0.25) is 0 Å². The second-order valence-corrected chi connectivity index (χ2v) is 7.85. The molecular weight excluding hydrogens is 428 g/mol. The van der Waals surface area contributed by atoms with Crippen LogP contribution in [-0.4, -0.2) is 40.0 Å². The van der Waals surface area contributed by atoms with Crippen LogP contribution in [0.4, 0.5) is 32.0 Å². The molecule has 0 amide bonds. The van der Waals surface area contributed by atoms with Gasteiger partial charge in [-0.25, -0.2) is 8.42 Å². The molecule has 2 aromatic carbocycles. The highest BCUT2D eigenvalue weighted by atomic mass is 32.2. The van der Waals surface area contributed by atoms with Crippen LogP contribution in [0.25, 0.3) is 0 Å². The lowest BCUT2D eigenvalue weighted by Gasteiger charge is -2.33. The predicted molar refractivity (Wildman–Crippen MR) is 91.0 cm³/mol. The minimum Gasteiger partial charge on any atom is -0.495 e. The van der Waals surface area contributed by atoms with Crippen molar-refractivity contribution in [3.63, 3.8) is 0 Å². The number of ether oxygens (including phenoxy) is 1. The first-order chi connectivity index (χ1) is 13.2. The Balaban J connectivity index is 2.62. The van der Waals surface area contributed by atoms with Crippen LogP contribution in [0.2, 0.25) is 0 Å². The third kappa shape index (κ3) is 3.86. The van der Waals surface area contributed by atoms with Gasteiger partial charge in [-0.1, -0.05) is 24.3 Å². The van der Waals surface area contributed by atoms with Gasteiger partial charge in [-0.05, 0) is 24.3 Å². The van der Waals surface area contributed by atoms with Crippen molar-refractivity contribution in [1.29, 1.82) is 0 Å². The minimum atomic E-state index is -6.08. The molecule has 2 aromatic rings. The molecule has 0 heterocycles. The number of methoxy groups -OCH3 is 1. The molecule has 2 rings (SSSR count). The van der Waals surface area contributed by atoms with Gasteiger partial charge in [0.1, 0.15) is 5.75 Å². The average molecular weight is 443 g/mol. The van der Waals surface area contributed by atoms with E-state index in [1.165, 1.54) is 24.3 Å². The standard InChI is InChI=1S/C17H15F6NO4S/c1-24(29(26,27)12-6-4-3-5-7-12)13-9-8-11(10-14(13)28-2)15(25,16(18,19)20)17(21,22)23/h3-10,25H,1-2H3. The average Bonchev–Trinajstić information content (AvgIpc) is 2.65. The highest BCUT2D eigenvalue weighted by molar-refractivity contribution is 7.92. The second kappa shape index (κ2) is 7.41. The molecule has 160 valence electrons.